The minimum absolute atomic E-state index is 0.224. The van der Waals surface area contributed by atoms with E-state index >= 15 is 0 Å². The lowest BCUT2D eigenvalue weighted by Crippen LogP contribution is -2.13. The van der Waals surface area contributed by atoms with E-state index in [9.17, 15) is 4.79 Å². The first-order valence-corrected chi connectivity index (χ1v) is 6.88. The number of pyridine rings is 1. The van der Waals surface area contributed by atoms with Crippen molar-refractivity contribution in [3.05, 3.63) is 59.1 Å². The molecule has 3 aromatic heterocycles. The molecule has 0 bridgehead atoms. The Hall–Kier alpha value is -3.15. The molecule has 4 rings (SSSR count). The van der Waals surface area contributed by atoms with Crippen molar-refractivity contribution in [1.29, 1.82) is 0 Å². The van der Waals surface area contributed by atoms with Gasteiger partial charge in [-0.25, -0.2) is 9.89 Å². The zero-order valence-corrected chi connectivity index (χ0v) is 11.9. The number of hydrogen-bond donors (Lipinski definition) is 2. The van der Waals surface area contributed by atoms with Crippen LogP contribution in [0.3, 0.4) is 0 Å². The third kappa shape index (κ3) is 1.93. The average Bonchev–Trinajstić information content (AvgIpc) is 3.12. The van der Waals surface area contributed by atoms with Crippen LogP contribution < -0.4 is 5.69 Å². The monoisotopic (exact) mass is 291 g/mol. The van der Waals surface area contributed by atoms with Crippen LogP contribution in [0.1, 0.15) is 0 Å². The molecule has 0 aliphatic carbocycles. The van der Waals surface area contributed by atoms with Crippen molar-refractivity contribution in [2.24, 2.45) is 7.05 Å². The highest BCUT2D eigenvalue weighted by Gasteiger charge is 2.10. The standard InChI is InChI=1S/C16H13N5O/c1-21-15(19-20-16(21)22)10-5-6-12-11(8-10)9-14(18-12)13-4-2-3-7-17-13/h2-9,18H,1H3,(H,20,22). The molecule has 0 atom stereocenters. The molecule has 108 valence electrons. The Balaban J connectivity index is 1.85. The second-order valence-electron chi connectivity index (χ2n) is 5.11. The Morgan fingerprint density at radius 1 is 1.14 bits per heavy atom. The van der Waals surface area contributed by atoms with Gasteiger partial charge in [0.15, 0.2) is 5.82 Å². The number of H-pyrrole nitrogens is 2. The molecule has 0 saturated heterocycles. The first-order chi connectivity index (χ1) is 10.7. The Morgan fingerprint density at radius 2 is 2.05 bits per heavy atom. The second-order valence-corrected chi connectivity index (χ2v) is 5.11. The van der Waals surface area contributed by atoms with Crippen LogP contribution >= 0.6 is 0 Å². The van der Waals surface area contributed by atoms with Gasteiger partial charge in [0.2, 0.25) is 0 Å². The molecule has 0 unspecified atom stereocenters. The van der Waals surface area contributed by atoms with Gasteiger partial charge in [-0.05, 0) is 36.4 Å². The maximum absolute atomic E-state index is 11.5. The normalized spacial score (nSPS) is 11.1. The fourth-order valence-electron chi connectivity index (χ4n) is 2.54. The molecule has 3 heterocycles. The maximum atomic E-state index is 11.5. The molecular weight excluding hydrogens is 278 g/mol. The molecule has 0 radical (unpaired) electrons. The maximum Gasteiger partial charge on any atom is 0.343 e. The summed E-state index contributed by atoms with van der Waals surface area (Å²) in [5.41, 5.74) is 3.54. The first kappa shape index (κ1) is 12.6. The average molecular weight is 291 g/mol. The summed E-state index contributed by atoms with van der Waals surface area (Å²) >= 11 is 0. The summed E-state index contributed by atoms with van der Waals surface area (Å²) in [5, 5.41) is 7.56. The molecule has 4 aromatic rings. The zero-order chi connectivity index (χ0) is 15.1. The van der Waals surface area contributed by atoms with Crippen molar-refractivity contribution >= 4 is 10.9 Å². The van der Waals surface area contributed by atoms with Crippen molar-refractivity contribution in [2.75, 3.05) is 0 Å². The molecule has 6 heteroatoms. The summed E-state index contributed by atoms with van der Waals surface area (Å²) in [6, 6.07) is 13.8. The lowest BCUT2D eigenvalue weighted by molar-refractivity contribution is 0.869. The van der Waals surface area contributed by atoms with Crippen LogP contribution in [0.4, 0.5) is 0 Å². The van der Waals surface area contributed by atoms with Crippen LogP contribution in [0.5, 0.6) is 0 Å². The van der Waals surface area contributed by atoms with E-state index in [1.165, 1.54) is 4.57 Å². The van der Waals surface area contributed by atoms with Gasteiger partial charge in [-0.1, -0.05) is 6.07 Å². The third-order valence-electron chi connectivity index (χ3n) is 3.70. The van der Waals surface area contributed by atoms with E-state index in [-0.39, 0.29) is 5.69 Å². The van der Waals surface area contributed by atoms with Gasteiger partial charge in [0.05, 0.1) is 11.4 Å². The number of fused-ring (bicyclic) bond motifs is 1. The number of nitrogens with zero attached hydrogens (tertiary/aromatic N) is 3. The Kier molecular flexibility index (Phi) is 2.69. The number of nitrogens with one attached hydrogen (secondary N) is 2. The topological polar surface area (TPSA) is 79.4 Å². The van der Waals surface area contributed by atoms with Crippen LogP contribution in [-0.2, 0) is 7.05 Å². The minimum Gasteiger partial charge on any atom is -0.353 e. The van der Waals surface area contributed by atoms with Gasteiger partial charge in [0.25, 0.3) is 0 Å². The number of benzene rings is 1. The van der Waals surface area contributed by atoms with E-state index in [4.69, 9.17) is 0 Å². The predicted molar refractivity (Wildman–Crippen MR) is 84.4 cm³/mol. The SMILES string of the molecule is Cn1c(-c2ccc3[nH]c(-c4ccccn4)cc3c2)n[nH]c1=O. The zero-order valence-electron chi connectivity index (χ0n) is 11.9. The molecule has 0 fully saturated rings. The number of rotatable bonds is 2. The summed E-state index contributed by atoms with van der Waals surface area (Å²) in [6.07, 6.45) is 1.77. The third-order valence-corrected chi connectivity index (χ3v) is 3.70. The number of hydrogen-bond acceptors (Lipinski definition) is 3. The minimum atomic E-state index is -0.224. The smallest absolute Gasteiger partial charge is 0.343 e. The van der Waals surface area contributed by atoms with Crippen molar-refractivity contribution in [3.8, 4) is 22.8 Å². The highest BCUT2D eigenvalue weighted by molar-refractivity contribution is 5.88. The number of aromatic nitrogens is 5. The van der Waals surface area contributed by atoms with Gasteiger partial charge in [0.1, 0.15) is 0 Å². The van der Waals surface area contributed by atoms with E-state index in [1.54, 1.807) is 13.2 Å². The summed E-state index contributed by atoms with van der Waals surface area (Å²) in [5.74, 6) is 0.618. The molecule has 6 nitrogen and oxygen atoms in total. The summed E-state index contributed by atoms with van der Waals surface area (Å²) < 4.78 is 1.49. The van der Waals surface area contributed by atoms with Crippen LogP contribution in [0.2, 0.25) is 0 Å². The van der Waals surface area contributed by atoms with Crippen molar-refractivity contribution in [3.63, 3.8) is 0 Å². The van der Waals surface area contributed by atoms with Crippen LogP contribution in [0.25, 0.3) is 33.7 Å². The van der Waals surface area contributed by atoms with E-state index in [0.717, 1.165) is 27.9 Å². The van der Waals surface area contributed by atoms with E-state index in [1.807, 2.05) is 42.5 Å². The first-order valence-electron chi connectivity index (χ1n) is 6.88. The molecule has 0 aliphatic rings. The summed E-state index contributed by atoms with van der Waals surface area (Å²) in [4.78, 5) is 19.2. The van der Waals surface area contributed by atoms with Crippen molar-refractivity contribution in [1.82, 2.24) is 24.7 Å². The highest BCUT2D eigenvalue weighted by Crippen LogP contribution is 2.26. The summed E-state index contributed by atoms with van der Waals surface area (Å²) in [6.45, 7) is 0. The quantitative estimate of drug-likeness (QED) is 0.595. The Bertz CT molecular complexity index is 1010. The second kappa shape index (κ2) is 4.70. The van der Waals surface area contributed by atoms with Crippen molar-refractivity contribution in [2.45, 2.75) is 0 Å². The highest BCUT2D eigenvalue weighted by atomic mass is 16.1. The van der Waals surface area contributed by atoms with Gasteiger partial charge in [0, 0.05) is 29.7 Å². The summed E-state index contributed by atoms with van der Waals surface area (Å²) in [7, 11) is 1.70. The molecule has 0 saturated carbocycles. The van der Waals surface area contributed by atoms with Gasteiger partial charge in [-0.15, -0.1) is 0 Å². The molecule has 2 N–H and O–H groups in total. The molecule has 22 heavy (non-hydrogen) atoms. The van der Waals surface area contributed by atoms with Gasteiger partial charge >= 0.3 is 5.69 Å². The lowest BCUT2D eigenvalue weighted by Gasteiger charge is -1.99. The molecule has 0 spiro atoms. The van der Waals surface area contributed by atoms with Gasteiger partial charge in [-0.2, -0.15) is 5.10 Å². The van der Waals surface area contributed by atoms with Gasteiger partial charge in [-0.3, -0.25) is 9.55 Å². The molecule has 1 aromatic carbocycles. The Labute approximate surface area is 125 Å². The molecular formula is C16H13N5O. The van der Waals surface area contributed by atoms with Crippen LogP contribution in [0.15, 0.2) is 53.5 Å². The van der Waals surface area contributed by atoms with E-state index in [2.05, 4.69) is 20.2 Å². The Morgan fingerprint density at radius 3 is 2.77 bits per heavy atom. The molecule has 0 amide bonds. The largest absolute Gasteiger partial charge is 0.353 e. The van der Waals surface area contributed by atoms with Crippen molar-refractivity contribution < 1.29 is 0 Å². The fourth-order valence-corrected chi connectivity index (χ4v) is 2.54. The fraction of sp³-hybridized carbons (Fsp3) is 0.0625. The van der Waals surface area contributed by atoms with Gasteiger partial charge < -0.3 is 4.98 Å². The van der Waals surface area contributed by atoms with E-state index in [0.29, 0.717) is 5.82 Å². The molecule has 0 aliphatic heterocycles. The van der Waals surface area contributed by atoms with Crippen LogP contribution in [0, 0.1) is 0 Å². The van der Waals surface area contributed by atoms with Crippen LogP contribution in [-0.4, -0.2) is 24.7 Å². The number of aromatic amines is 2. The lowest BCUT2D eigenvalue weighted by atomic mass is 10.1. The van der Waals surface area contributed by atoms with E-state index < -0.39 is 0 Å². The predicted octanol–water partition coefficient (Wildman–Crippen LogP) is 2.32.